The molecule has 6 nitrogen and oxygen atoms in total. The van der Waals surface area contributed by atoms with Gasteiger partial charge in [0.05, 0.1) is 16.1 Å². The van der Waals surface area contributed by atoms with Crippen LogP contribution >= 0.6 is 23.2 Å². The molecule has 0 bridgehead atoms. The Morgan fingerprint density at radius 1 is 0.927 bits per heavy atom. The van der Waals surface area contributed by atoms with E-state index in [0.717, 1.165) is 6.07 Å². The van der Waals surface area contributed by atoms with Gasteiger partial charge in [-0.2, -0.15) is 0 Å². The molecule has 4 aromatic rings. The Morgan fingerprint density at radius 2 is 1.59 bits per heavy atom. The number of ether oxygens (including phenoxy) is 2. The molecule has 0 saturated carbocycles. The lowest BCUT2D eigenvalue weighted by atomic mass is 9.97. The van der Waals surface area contributed by atoms with Gasteiger partial charge in [-0.3, -0.25) is 4.79 Å². The number of aliphatic carboxylic acids is 1. The molecule has 11 heteroatoms. The molecule has 0 spiro atoms. The number of carbonyl (C=O) groups excluding carboxylic acids is 1. The summed E-state index contributed by atoms with van der Waals surface area (Å²) in [5.41, 5.74) is 0.639. The van der Waals surface area contributed by atoms with Crippen molar-refractivity contribution < 1.29 is 37.3 Å². The summed E-state index contributed by atoms with van der Waals surface area (Å²) < 4.78 is 50.8. The first-order chi connectivity index (χ1) is 19.3. The third-order valence-corrected chi connectivity index (χ3v) is 7.60. The minimum Gasteiger partial charge on any atom is -0.478 e. The lowest BCUT2D eigenvalue weighted by molar-refractivity contribution is -0.274. The number of nitrogens with zero attached hydrogens (tertiary/aromatic N) is 1. The Labute approximate surface area is 244 Å². The van der Waals surface area contributed by atoms with E-state index in [9.17, 15) is 27.9 Å². The average Bonchev–Trinajstić information content (AvgIpc) is 3.18. The van der Waals surface area contributed by atoms with Crippen LogP contribution in [-0.4, -0.2) is 33.4 Å². The summed E-state index contributed by atoms with van der Waals surface area (Å²) in [7, 11) is 0. The Morgan fingerprint density at radius 3 is 2.17 bits per heavy atom. The van der Waals surface area contributed by atoms with Crippen molar-refractivity contribution >= 4 is 45.9 Å². The van der Waals surface area contributed by atoms with Gasteiger partial charge >= 0.3 is 12.3 Å². The molecule has 41 heavy (non-hydrogen) atoms. The number of rotatable bonds is 10. The summed E-state index contributed by atoms with van der Waals surface area (Å²) >= 11 is 12.3. The van der Waals surface area contributed by atoms with Crippen LogP contribution in [0.3, 0.4) is 0 Å². The third-order valence-electron chi connectivity index (χ3n) is 7.04. The van der Waals surface area contributed by atoms with Crippen molar-refractivity contribution in [1.82, 2.24) is 4.57 Å². The molecule has 216 valence electrons. The minimum atomic E-state index is -4.90. The van der Waals surface area contributed by atoms with Gasteiger partial charge in [-0.15, -0.1) is 13.2 Å². The van der Waals surface area contributed by atoms with Crippen molar-refractivity contribution in [1.29, 1.82) is 0 Å². The zero-order valence-electron chi connectivity index (χ0n) is 22.3. The number of aromatic nitrogens is 1. The van der Waals surface area contributed by atoms with Gasteiger partial charge in [0, 0.05) is 34.3 Å². The topological polar surface area (TPSA) is 77.8 Å². The number of hydrogen-bond acceptors (Lipinski definition) is 4. The first-order valence-corrected chi connectivity index (χ1v) is 13.4. The lowest BCUT2D eigenvalue weighted by Gasteiger charge is -2.28. The summed E-state index contributed by atoms with van der Waals surface area (Å²) in [6, 6.07) is 15.0. The predicted octanol–water partition coefficient (Wildman–Crippen LogP) is 8.46. The van der Waals surface area contributed by atoms with E-state index >= 15 is 0 Å². The van der Waals surface area contributed by atoms with Crippen LogP contribution in [0.2, 0.25) is 10.0 Å². The molecular formula is C30H26Cl2F3NO5. The van der Waals surface area contributed by atoms with Crippen LogP contribution in [0.15, 0.2) is 60.7 Å². The molecule has 0 saturated heterocycles. The van der Waals surface area contributed by atoms with Crippen LogP contribution in [0.4, 0.5) is 13.2 Å². The second-order valence-electron chi connectivity index (χ2n) is 9.48. The fourth-order valence-corrected chi connectivity index (χ4v) is 5.03. The number of benzene rings is 3. The monoisotopic (exact) mass is 607 g/mol. The van der Waals surface area contributed by atoms with Crippen LogP contribution in [0.1, 0.15) is 53.9 Å². The third kappa shape index (κ3) is 6.31. The first-order valence-electron chi connectivity index (χ1n) is 12.7. The minimum absolute atomic E-state index is 0.109. The molecule has 0 aliphatic carbocycles. The zero-order valence-corrected chi connectivity index (χ0v) is 23.8. The van der Waals surface area contributed by atoms with Gasteiger partial charge in [0.1, 0.15) is 11.5 Å². The van der Waals surface area contributed by atoms with Gasteiger partial charge in [-0.05, 0) is 73.9 Å². The standard InChI is InChI=1S/C30H26Cl2F3NO5/c1-4-29(5-2,28(38)39)41-25-14-18(6-13-23(25)32)16-36-17(3)26(27(37)19-7-9-20(31)10-8-19)22-12-11-21(15-24(22)36)40-30(33,34)35/h6-15H,4-5,16H2,1-3H3,(H,38,39). The SMILES string of the molecule is CCC(CC)(Oc1cc(Cn2c(C)c(C(=O)c3ccc(Cl)cc3)c3ccc(OC(F)(F)F)cc32)ccc1Cl)C(=O)O. The smallest absolute Gasteiger partial charge is 0.478 e. The number of alkyl halides is 3. The molecule has 1 aromatic heterocycles. The Balaban J connectivity index is 1.84. The van der Waals surface area contributed by atoms with Gasteiger partial charge in [0.25, 0.3) is 0 Å². The van der Waals surface area contributed by atoms with Gasteiger partial charge in [-0.25, -0.2) is 4.79 Å². The predicted molar refractivity (Wildman–Crippen MR) is 150 cm³/mol. The van der Waals surface area contributed by atoms with E-state index in [1.807, 2.05) is 0 Å². The molecule has 4 rings (SSSR count). The second kappa shape index (κ2) is 11.7. The molecule has 0 aliphatic heterocycles. The largest absolute Gasteiger partial charge is 0.573 e. The van der Waals surface area contributed by atoms with E-state index in [1.165, 1.54) is 12.1 Å². The summed E-state index contributed by atoms with van der Waals surface area (Å²) in [6.07, 6.45) is -4.52. The molecule has 1 N–H and O–H groups in total. The molecule has 0 radical (unpaired) electrons. The highest BCUT2D eigenvalue weighted by Crippen LogP contribution is 2.36. The molecular weight excluding hydrogens is 582 g/mol. The molecule has 0 aliphatic rings. The Hall–Kier alpha value is -3.69. The van der Waals surface area contributed by atoms with E-state index < -0.39 is 23.7 Å². The van der Waals surface area contributed by atoms with Crippen molar-refractivity contribution in [3.05, 3.63) is 93.1 Å². The normalized spacial score (nSPS) is 12.0. The summed E-state index contributed by atoms with van der Waals surface area (Å²) in [4.78, 5) is 25.6. The number of fused-ring (bicyclic) bond motifs is 1. The van der Waals surface area contributed by atoms with E-state index in [2.05, 4.69) is 4.74 Å². The van der Waals surface area contributed by atoms with Crippen molar-refractivity contribution in [3.63, 3.8) is 0 Å². The highest BCUT2D eigenvalue weighted by molar-refractivity contribution is 6.32. The summed E-state index contributed by atoms with van der Waals surface area (Å²) in [6.45, 7) is 5.21. The van der Waals surface area contributed by atoms with Crippen LogP contribution in [0.5, 0.6) is 11.5 Å². The quantitative estimate of drug-likeness (QED) is 0.183. The second-order valence-corrected chi connectivity index (χ2v) is 10.3. The van der Waals surface area contributed by atoms with Crippen molar-refractivity contribution in [2.75, 3.05) is 0 Å². The number of carbonyl (C=O) groups is 2. The summed E-state index contributed by atoms with van der Waals surface area (Å²) in [5, 5.41) is 10.9. The van der Waals surface area contributed by atoms with Crippen LogP contribution in [0.25, 0.3) is 10.9 Å². The maximum atomic E-state index is 13.6. The van der Waals surface area contributed by atoms with Gasteiger partial charge in [-0.1, -0.05) is 43.1 Å². The van der Waals surface area contributed by atoms with Crippen molar-refractivity contribution in [2.24, 2.45) is 0 Å². The molecule has 0 unspecified atom stereocenters. The highest BCUT2D eigenvalue weighted by atomic mass is 35.5. The summed E-state index contributed by atoms with van der Waals surface area (Å²) in [5.74, 6) is -1.74. The van der Waals surface area contributed by atoms with Crippen LogP contribution in [-0.2, 0) is 11.3 Å². The van der Waals surface area contributed by atoms with Crippen molar-refractivity contribution in [2.45, 2.75) is 52.1 Å². The highest BCUT2D eigenvalue weighted by Gasteiger charge is 2.38. The molecule has 3 aromatic carbocycles. The van der Waals surface area contributed by atoms with E-state index in [-0.39, 0.29) is 35.9 Å². The maximum Gasteiger partial charge on any atom is 0.573 e. The van der Waals surface area contributed by atoms with E-state index in [0.29, 0.717) is 38.3 Å². The van der Waals surface area contributed by atoms with E-state index in [1.54, 1.807) is 67.8 Å². The van der Waals surface area contributed by atoms with Crippen molar-refractivity contribution in [3.8, 4) is 11.5 Å². The fourth-order valence-electron chi connectivity index (χ4n) is 4.75. The first kappa shape index (κ1) is 30.3. The number of ketones is 1. The molecule has 1 heterocycles. The van der Waals surface area contributed by atoms with Gasteiger partial charge < -0.3 is 19.1 Å². The van der Waals surface area contributed by atoms with E-state index in [4.69, 9.17) is 27.9 Å². The maximum absolute atomic E-state index is 13.6. The van der Waals surface area contributed by atoms with Crippen LogP contribution < -0.4 is 9.47 Å². The number of halogens is 5. The number of hydrogen-bond donors (Lipinski definition) is 1. The lowest BCUT2D eigenvalue weighted by Crippen LogP contribution is -2.43. The van der Waals surface area contributed by atoms with Gasteiger partial charge in [0.15, 0.2) is 5.78 Å². The Bertz CT molecular complexity index is 1610. The van der Waals surface area contributed by atoms with Gasteiger partial charge in [0.2, 0.25) is 5.60 Å². The zero-order chi connectivity index (χ0) is 30.1. The average molecular weight is 608 g/mol. The molecule has 0 fully saturated rings. The fraction of sp³-hybridized carbons (Fsp3) is 0.267. The molecule has 0 amide bonds. The number of carboxylic acid groups (broad SMARTS) is 1. The Kier molecular flexibility index (Phi) is 8.61. The van der Waals surface area contributed by atoms with Crippen LogP contribution in [0, 0.1) is 6.92 Å². The molecule has 0 atom stereocenters. The number of carboxylic acids is 1.